The highest BCUT2D eigenvalue weighted by molar-refractivity contribution is 9.10. The molecule has 1 aromatic carbocycles. The van der Waals surface area contributed by atoms with Crippen LogP contribution in [-0.4, -0.2) is 24.1 Å². The van der Waals surface area contributed by atoms with E-state index in [-0.39, 0.29) is 14.9 Å². The van der Waals surface area contributed by atoms with E-state index in [9.17, 15) is 26.4 Å². The Labute approximate surface area is 154 Å². The molecule has 0 saturated heterocycles. The van der Waals surface area contributed by atoms with Crippen molar-refractivity contribution in [3.63, 3.8) is 0 Å². The van der Waals surface area contributed by atoms with E-state index < -0.39 is 39.8 Å². The monoisotopic (exact) mass is 450 g/mol. The van der Waals surface area contributed by atoms with Crippen molar-refractivity contribution in [3.05, 3.63) is 45.7 Å². The molecule has 1 heterocycles. The third-order valence-electron chi connectivity index (χ3n) is 3.08. The minimum absolute atomic E-state index is 0.0267. The maximum atomic E-state index is 12.9. The number of nitrogens with one attached hydrogen (secondary N) is 1. The molecule has 0 fully saturated rings. The van der Waals surface area contributed by atoms with Gasteiger partial charge in [0.15, 0.2) is 5.69 Å². The largest absolute Gasteiger partial charge is 0.435 e. The number of aromatic nitrogens is 2. The summed E-state index contributed by atoms with van der Waals surface area (Å²) in [5.41, 5.74) is -1.69. The van der Waals surface area contributed by atoms with Gasteiger partial charge in [0.25, 0.3) is 10.0 Å². The molecular formula is C14H10BrF3N4O3S. The van der Waals surface area contributed by atoms with Crippen LogP contribution in [0.25, 0.3) is 0 Å². The molecule has 0 unspecified atom stereocenters. The van der Waals surface area contributed by atoms with E-state index in [4.69, 9.17) is 5.26 Å². The number of halogens is 4. The minimum atomic E-state index is -4.78. The van der Waals surface area contributed by atoms with E-state index in [0.29, 0.717) is 0 Å². The van der Waals surface area contributed by atoms with E-state index in [1.807, 2.05) is 0 Å². The summed E-state index contributed by atoms with van der Waals surface area (Å²) in [6.07, 6.45) is -4.62. The fourth-order valence-electron chi connectivity index (χ4n) is 2.11. The van der Waals surface area contributed by atoms with Crippen LogP contribution in [0, 0.1) is 11.3 Å². The Morgan fingerprint density at radius 3 is 2.62 bits per heavy atom. The molecule has 7 nitrogen and oxygen atoms in total. The molecule has 0 atom stereocenters. The van der Waals surface area contributed by atoms with Crippen LogP contribution in [-0.2, 0) is 34.5 Å². The summed E-state index contributed by atoms with van der Waals surface area (Å²) >= 11 is 3.04. The Kier molecular flexibility index (Phi) is 5.43. The minimum Gasteiger partial charge on any atom is -0.275 e. The summed E-state index contributed by atoms with van der Waals surface area (Å²) in [6, 6.07) is 5.31. The van der Waals surface area contributed by atoms with E-state index in [1.54, 1.807) is 10.8 Å². The lowest BCUT2D eigenvalue weighted by atomic mass is 10.2. The number of benzene rings is 1. The Bertz CT molecular complexity index is 1010. The molecule has 138 valence electrons. The highest BCUT2D eigenvalue weighted by Gasteiger charge is 2.37. The van der Waals surface area contributed by atoms with E-state index in [2.05, 4.69) is 21.0 Å². The first-order chi connectivity index (χ1) is 11.9. The first-order valence-electron chi connectivity index (χ1n) is 6.78. The summed E-state index contributed by atoms with van der Waals surface area (Å²) in [5.74, 6) is -1.16. The number of hydrogen-bond acceptors (Lipinski definition) is 5. The van der Waals surface area contributed by atoms with Crippen molar-refractivity contribution in [2.24, 2.45) is 7.05 Å². The molecule has 0 radical (unpaired) electrons. The van der Waals surface area contributed by atoms with Crippen LogP contribution in [0.5, 0.6) is 0 Å². The van der Waals surface area contributed by atoms with Crippen LogP contribution in [0.15, 0.2) is 33.8 Å². The lowest BCUT2D eigenvalue weighted by Crippen LogP contribution is -2.32. The van der Waals surface area contributed by atoms with Gasteiger partial charge in [0.2, 0.25) is 5.91 Å². The van der Waals surface area contributed by atoms with E-state index in [0.717, 1.165) is 23.0 Å². The molecule has 0 spiro atoms. The summed E-state index contributed by atoms with van der Waals surface area (Å²) in [5, 5.41) is 12.1. The SMILES string of the molecule is Cn1cc(CC(=O)NS(=O)(=O)c2cc(Br)cc(C#N)c2)c(C(F)(F)F)n1. The molecule has 2 aromatic rings. The average Bonchev–Trinajstić information content (AvgIpc) is 2.86. The van der Waals surface area contributed by atoms with Crippen molar-refractivity contribution in [1.29, 1.82) is 5.26 Å². The van der Waals surface area contributed by atoms with Crippen molar-refractivity contribution in [1.82, 2.24) is 14.5 Å². The first kappa shape index (κ1) is 19.9. The zero-order valence-electron chi connectivity index (χ0n) is 13.0. The molecule has 0 aliphatic heterocycles. The lowest BCUT2D eigenvalue weighted by molar-refractivity contribution is -0.142. The molecule has 12 heteroatoms. The Hall–Kier alpha value is -2.39. The molecule has 0 aliphatic carbocycles. The van der Waals surface area contributed by atoms with Gasteiger partial charge in [0.05, 0.1) is 22.9 Å². The van der Waals surface area contributed by atoms with Crippen molar-refractivity contribution in [2.45, 2.75) is 17.5 Å². The molecule has 2 rings (SSSR count). The average molecular weight is 451 g/mol. The van der Waals surface area contributed by atoms with Crippen LogP contribution in [0.1, 0.15) is 16.8 Å². The number of amides is 1. The number of carbonyl (C=O) groups is 1. The number of sulfonamides is 1. The fraction of sp³-hybridized carbons (Fsp3) is 0.214. The van der Waals surface area contributed by atoms with Crippen LogP contribution >= 0.6 is 15.9 Å². The molecule has 0 aliphatic rings. The lowest BCUT2D eigenvalue weighted by Gasteiger charge is -2.09. The summed E-state index contributed by atoms with van der Waals surface area (Å²) in [6.45, 7) is 0. The summed E-state index contributed by atoms with van der Waals surface area (Å²) in [7, 11) is -3.12. The van der Waals surface area contributed by atoms with Gasteiger partial charge in [-0.2, -0.15) is 23.5 Å². The molecular weight excluding hydrogens is 441 g/mol. The predicted molar refractivity (Wildman–Crippen MR) is 86.1 cm³/mol. The number of nitrogens with zero attached hydrogens (tertiary/aromatic N) is 3. The molecule has 1 amide bonds. The van der Waals surface area contributed by atoms with Gasteiger partial charge in [-0.1, -0.05) is 15.9 Å². The van der Waals surface area contributed by atoms with Gasteiger partial charge in [0.1, 0.15) is 0 Å². The van der Waals surface area contributed by atoms with Crippen LogP contribution < -0.4 is 4.72 Å². The van der Waals surface area contributed by atoms with Gasteiger partial charge in [-0.15, -0.1) is 0 Å². The number of alkyl halides is 3. The second-order valence-electron chi connectivity index (χ2n) is 5.17. The summed E-state index contributed by atoms with van der Waals surface area (Å²) < 4.78 is 66.0. The highest BCUT2D eigenvalue weighted by Crippen LogP contribution is 2.30. The maximum absolute atomic E-state index is 12.9. The number of aryl methyl sites for hydroxylation is 1. The Morgan fingerprint density at radius 2 is 2.04 bits per heavy atom. The molecule has 26 heavy (non-hydrogen) atoms. The maximum Gasteiger partial charge on any atom is 0.435 e. The number of rotatable bonds is 4. The topological polar surface area (TPSA) is 105 Å². The van der Waals surface area contributed by atoms with Gasteiger partial charge >= 0.3 is 6.18 Å². The van der Waals surface area contributed by atoms with Gasteiger partial charge < -0.3 is 0 Å². The first-order valence-corrected chi connectivity index (χ1v) is 9.06. The van der Waals surface area contributed by atoms with Crippen molar-refractivity contribution in [2.75, 3.05) is 0 Å². The van der Waals surface area contributed by atoms with Crippen LogP contribution in [0.3, 0.4) is 0 Å². The summed E-state index contributed by atoms with van der Waals surface area (Å²) in [4.78, 5) is 11.6. The van der Waals surface area contributed by atoms with Crippen molar-refractivity contribution in [3.8, 4) is 6.07 Å². The number of carbonyl (C=O) groups excluding carboxylic acids is 1. The quantitative estimate of drug-likeness (QED) is 0.767. The zero-order chi connectivity index (χ0) is 19.7. The second-order valence-corrected chi connectivity index (χ2v) is 7.77. The van der Waals surface area contributed by atoms with Gasteiger partial charge in [-0.05, 0) is 18.2 Å². The molecule has 0 saturated carbocycles. The zero-order valence-corrected chi connectivity index (χ0v) is 15.4. The molecule has 1 aromatic heterocycles. The normalized spacial score (nSPS) is 11.8. The molecule has 1 N–H and O–H groups in total. The van der Waals surface area contributed by atoms with Gasteiger partial charge in [0, 0.05) is 23.3 Å². The Balaban J connectivity index is 2.26. The Morgan fingerprint density at radius 1 is 1.38 bits per heavy atom. The van der Waals surface area contributed by atoms with Gasteiger partial charge in [-0.25, -0.2) is 13.1 Å². The molecule has 0 bridgehead atoms. The van der Waals surface area contributed by atoms with Crippen molar-refractivity contribution >= 4 is 31.9 Å². The highest BCUT2D eigenvalue weighted by atomic mass is 79.9. The number of nitriles is 1. The third kappa shape index (κ3) is 4.61. The fourth-order valence-corrected chi connectivity index (χ4v) is 3.80. The predicted octanol–water partition coefficient (Wildman–Crippen LogP) is 2.12. The standard InChI is InChI=1S/C14H10BrF3N4O3S/c1-22-7-9(13(20-22)14(16,17)18)4-12(23)21-26(24,25)11-3-8(6-19)2-10(15)5-11/h2-3,5,7H,4H2,1H3,(H,21,23). The van der Waals surface area contributed by atoms with Crippen LogP contribution in [0.4, 0.5) is 13.2 Å². The van der Waals surface area contributed by atoms with Crippen LogP contribution in [0.2, 0.25) is 0 Å². The van der Waals surface area contributed by atoms with Crippen molar-refractivity contribution < 1.29 is 26.4 Å². The second kappa shape index (κ2) is 7.08. The smallest absolute Gasteiger partial charge is 0.275 e. The van der Waals surface area contributed by atoms with Gasteiger partial charge in [-0.3, -0.25) is 9.48 Å². The van der Waals surface area contributed by atoms with E-state index in [1.165, 1.54) is 13.1 Å². The van der Waals surface area contributed by atoms with E-state index >= 15 is 0 Å². The third-order valence-corrected chi connectivity index (χ3v) is 4.89. The number of hydrogen-bond donors (Lipinski definition) is 1.